The van der Waals surface area contributed by atoms with E-state index in [4.69, 9.17) is 0 Å². The Morgan fingerprint density at radius 3 is 2.94 bits per heavy atom. The molecule has 2 atom stereocenters. The summed E-state index contributed by atoms with van der Waals surface area (Å²) < 4.78 is 0. The number of hydrogen-bond donors (Lipinski definition) is 1. The first-order valence-electron chi connectivity index (χ1n) is 6.29. The standard InChI is InChI=1S/C14H22N2S/c1-11(10-16(2)3)15-13-8-9-17-14-7-5-4-6-12(13)14/h4-7,11,13,15H,8-10H2,1-3H3. The minimum Gasteiger partial charge on any atom is -0.308 e. The molecule has 2 nitrogen and oxygen atoms in total. The molecular weight excluding hydrogens is 228 g/mol. The van der Waals surface area contributed by atoms with Crippen LogP contribution in [0.3, 0.4) is 0 Å². The van der Waals surface area contributed by atoms with Gasteiger partial charge in [0.15, 0.2) is 0 Å². The van der Waals surface area contributed by atoms with Gasteiger partial charge in [0.2, 0.25) is 0 Å². The fraction of sp³-hybridized carbons (Fsp3) is 0.571. The van der Waals surface area contributed by atoms with Gasteiger partial charge in [0.05, 0.1) is 0 Å². The van der Waals surface area contributed by atoms with Crippen molar-refractivity contribution < 1.29 is 0 Å². The second kappa shape index (κ2) is 5.89. The van der Waals surface area contributed by atoms with E-state index in [-0.39, 0.29) is 0 Å². The Kier molecular flexibility index (Phi) is 4.48. The molecule has 17 heavy (non-hydrogen) atoms. The van der Waals surface area contributed by atoms with Crippen LogP contribution in [-0.4, -0.2) is 37.3 Å². The Labute approximate surface area is 109 Å². The van der Waals surface area contributed by atoms with Gasteiger partial charge in [-0.05, 0) is 44.8 Å². The Hall–Kier alpha value is -0.510. The van der Waals surface area contributed by atoms with Crippen molar-refractivity contribution >= 4 is 11.8 Å². The summed E-state index contributed by atoms with van der Waals surface area (Å²) in [4.78, 5) is 3.69. The Bertz CT molecular complexity index is 365. The molecule has 0 fully saturated rings. The number of likely N-dealkylation sites (N-methyl/N-ethyl adjacent to an activating group) is 1. The monoisotopic (exact) mass is 250 g/mol. The molecule has 0 radical (unpaired) electrons. The van der Waals surface area contributed by atoms with Crippen LogP contribution in [0.4, 0.5) is 0 Å². The third-order valence-corrected chi connectivity index (χ3v) is 4.21. The van der Waals surface area contributed by atoms with Gasteiger partial charge in [0.25, 0.3) is 0 Å². The molecule has 2 rings (SSSR count). The van der Waals surface area contributed by atoms with E-state index in [1.54, 1.807) is 0 Å². The second-order valence-corrected chi connectivity index (χ2v) is 6.19. The van der Waals surface area contributed by atoms with Gasteiger partial charge in [-0.15, -0.1) is 11.8 Å². The summed E-state index contributed by atoms with van der Waals surface area (Å²) in [5.74, 6) is 1.23. The van der Waals surface area contributed by atoms with E-state index >= 15 is 0 Å². The minimum atomic E-state index is 0.530. The fourth-order valence-corrected chi connectivity index (χ4v) is 3.58. The van der Waals surface area contributed by atoms with E-state index in [1.165, 1.54) is 22.6 Å². The summed E-state index contributed by atoms with van der Waals surface area (Å²) in [5, 5.41) is 3.75. The largest absolute Gasteiger partial charge is 0.308 e. The van der Waals surface area contributed by atoms with Gasteiger partial charge in [0.1, 0.15) is 0 Å². The van der Waals surface area contributed by atoms with Crippen molar-refractivity contribution in [2.45, 2.75) is 30.3 Å². The van der Waals surface area contributed by atoms with Crippen LogP contribution in [0, 0.1) is 0 Å². The van der Waals surface area contributed by atoms with Crippen molar-refractivity contribution in [1.29, 1.82) is 0 Å². The molecule has 0 aliphatic carbocycles. The van der Waals surface area contributed by atoms with Crippen molar-refractivity contribution in [2.24, 2.45) is 0 Å². The lowest BCUT2D eigenvalue weighted by molar-refractivity contribution is 0.325. The zero-order valence-corrected chi connectivity index (χ0v) is 11.8. The van der Waals surface area contributed by atoms with Crippen LogP contribution in [0.15, 0.2) is 29.2 Å². The lowest BCUT2D eigenvalue weighted by Gasteiger charge is -2.29. The average molecular weight is 250 g/mol. The van der Waals surface area contributed by atoms with E-state index in [9.17, 15) is 0 Å². The van der Waals surface area contributed by atoms with Gasteiger partial charge in [0, 0.05) is 23.5 Å². The third kappa shape index (κ3) is 3.47. The van der Waals surface area contributed by atoms with Crippen molar-refractivity contribution in [3.05, 3.63) is 29.8 Å². The van der Waals surface area contributed by atoms with Crippen LogP contribution in [0.25, 0.3) is 0 Å². The first-order valence-corrected chi connectivity index (χ1v) is 7.28. The number of benzene rings is 1. The van der Waals surface area contributed by atoms with Crippen LogP contribution in [0.5, 0.6) is 0 Å². The van der Waals surface area contributed by atoms with E-state index in [1.807, 2.05) is 11.8 Å². The van der Waals surface area contributed by atoms with E-state index in [0.717, 1.165) is 6.54 Å². The zero-order valence-electron chi connectivity index (χ0n) is 10.9. The van der Waals surface area contributed by atoms with Gasteiger partial charge in [-0.25, -0.2) is 0 Å². The molecular formula is C14H22N2S. The molecule has 3 heteroatoms. The molecule has 1 N–H and O–H groups in total. The van der Waals surface area contributed by atoms with Crippen molar-refractivity contribution in [3.8, 4) is 0 Å². The van der Waals surface area contributed by atoms with Gasteiger partial charge in [-0.2, -0.15) is 0 Å². The molecule has 2 unspecified atom stereocenters. The maximum atomic E-state index is 3.75. The topological polar surface area (TPSA) is 15.3 Å². The Morgan fingerprint density at radius 2 is 2.18 bits per heavy atom. The number of rotatable bonds is 4. The van der Waals surface area contributed by atoms with Gasteiger partial charge in [-0.3, -0.25) is 0 Å². The lowest BCUT2D eigenvalue weighted by atomic mass is 10.0. The normalized spacial score (nSPS) is 21.3. The van der Waals surface area contributed by atoms with Crippen LogP contribution in [0.2, 0.25) is 0 Å². The predicted molar refractivity (Wildman–Crippen MR) is 75.7 cm³/mol. The van der Waals surface area contributed by atoms with Crippen LogP contribution >= 0.6 is 11.8 Å². The minimum absolute atomic E-state index is 0.530. The van der Waals surface area contributed by atoms with Gasteiger partial charge in [-0.1, -0.05) is 18.2 Å². The molecule has 1 heterocycles. The highest BCUT2D eigenvalue weighted by Gasteiger charge is 2.21. The first kappa shape index (κ1) is 12.9. The molecule has 0 saturated carbocycles. The lowest BCUT2D eigenvalue weighted by Crippen LogP contribution is -2.39. The maximum Gasteiger partial charge on any atom is 0.0342 e. The van der Waals surface area contributed by atoms with E-state index < -0.39 is 0 Å². The van der Waals surface area contributed by atoms with E-state index in [2.05, 4.69) is 55.5 Å². The molecule has 1 aliphatic rings. The summed E-state index contributed by atoms with van der Waals surface area (Å²) in [6.07, 6.45) is 1.24. The number of thioether (sulfide) groups is 1. The number of hydrogen-bond acceptors (Lipinski definition) is 3. The van der Waals surface area contributed by atoms with Crippen molar-refractivity contribution in [1.82, 2.24) is 10.2 Å². The summed E-state index contributed by atoms with van der Waals surface area (Å²) in [6.45, 7) is 3.36. The molecule has 94 valence electrons. The second-order valence-electron chi connectivity index (χ2n) is 5.06. The summed E-state index contributed by atoms with van der Waals surface area (Å²) in [5.41, 5.74) is 1.48. The molecule has 1 aromatic carbocycles. The first-order chi connectivity index (χ1) is 8.16. The quantitative estimate of drug-likeness (QED) is 0.884. The van der Waals surface area contributed by atoms with Crippen molar-refractivity contribution in [2.75, 3.05) is 26.4 Å². The number of fused-ring (bicyclic) bond motifs is 1. The molecule has 1 aromatic rings. The number of nitrogens with one attached hydrogen (secondary N) is 1. The zero-order chi connectivity index (χ0) is 12.3. The number of nitrogens with zero attached hydrogens (tertiary/aromatic N) is 1. The maximum absolute atomic E-state index is 3.75. The van der Waals surface area contributed by atoms with Crippen molar-refractivity contribution in [3.63, 3.8) is 0 Å². The fourth-order valence-electron chi connectivity index (χ4n) is 2.46. The van der Waals surface area contributed by atoms with E-state index in [0.29, 0.717) is 12.1 Å². The van der Waals surface area contributed by atoms with Crippen LogP contribution in [-0.2, 0) is 0 Å². The van der Waals surface area contributed by atoms with Crippen LogP contribution < -0.4 is 5.32 Å². The van der Waals surface area contributed by atoms with Crippen LogP contribution in [0.1, 0.15) is 24.9 Å². The summed E-state index contributed by atoms with van der Waals surface area (Å²) in [6, 6.07) is 9.85. The molecule has 0 saturated heterocycles. The molecule has 0 aromatic heterocycles. The summed E-state index contributed by atoms with van der Waals surface area (Å²) in [7, 11) is 4.26. The molecule has 0 bridgehead atoms. The molecule has 1 aliphatic heterocycles. The highest BCUT2D eigenvalue weighted by Crippen LogP contribution is 2.35. The smallest absolute Gasteiger partial charge is 0.0342 e. The molecule has 0 amide bonds. The summed E-state index contributed by atoms with van der Waals surface area (Å²) >= 11 is 1.98. The highest BCUT2D eigenvalue weighted by molar-refractivity contribution is 7.99. The predicted octanol–water partition coefficient (Wildman–Crippen LogP) is 2.76. The van der Waals surface area contributed by atoms with Gasteiger partial charge >= 0.3 is 0 Å². The Morgan fingerprint density at radius 1 is 1.41 bits per heavy atom. The van der Waals surface area contributed by atoms with Gasteiger partial charge < -0.3 is 10.2 Å². The average Bonchev–Trinajstić information content (AvgIpc) is 2.28. The third-order valence-electron chi connectivity index (χ3n) is 3.08. The Balaban J connectivity index is 2.03. The SMILES string of the molecule is CC(CN(C)C)NC1CCSc2ccccc21. The highest BCUT2D eigenvalue weighted by atomic mass is 32.2. The molecule has 0 spiro atoms.